The molecule has 6 heteroatoms. The topological polar surface area (TPSA) is 106 Å². The van der Waals surface area contributed by atoms with Crippen LogP contribution in [0.3, 0.4) is 0 Å². The normalized spacial score (nSPS) is 10.4. The molecule has 114 valence electrons. The molecule has 22 heavy (non-hydrogen) atoms. The van der Waals surface area contributed by atoms with Gasteiger partial charge in [0.25, 0.3) is 0 Å². The summed E-state index contributed by atoms with van der Waals surface area (Å²) >= 11 is 0. The number of carboxylic acids is 1. The zero-order valence-electron chi connectivity index (χ0n) is 12.2. The summed E-state index contributed by atoms with van der Waals surface area (Å²) in [5.41, 5.74) is 9.34. The monoisotopic (exact) mass is 299 g/mol. The van der Waals surface area contributed by atoms with Gasteiger partial charge in [0.05, 0.1) is 6.42 Å². The summed E-state index contributed by atoms with van der Waals surface area (Å²) in [7, 11) is 0. The number of rotatable bonds is 6. The number of pyridine rings is 2. The van der Waals surface area contributed by atoms with Crippen LogP contribution < -0.4 is 5.73 Å². The molecule has 2 aromatic heterocycles. The molecule has 6 nitrogen and oxygen atoms in total. The first kappa shape index (κ1) is 15.6. The summed E-state index contributed by atoms with van der Waals surface area (Å²) in [5.74, 6) is -1.77. The molecule has 0 spiro atoms. The van der Waals surface area contributed by atoms with E-state index in [0.717, 1.165) is 29.5 Å². The highest BCUT2D eigenvalue weighted by atomic mass is 16.4. The Morgan fingerprint density at radius 1 is 1.18 bits per heavy atom. The first-order chi connectivity index (χ1) is 10.5. The Bertz CT molecular complexity index is 696. The third kappa shape index (κ3) is 4.12. The number of hydrogen-bond acceptors (Lipinski definition) is 5. The molecule has 0 amide bonds. The number of carbonyl (C=O) groups is 2. The molecule has 2 heterocycles. The molecule has 0 bridgehead atoms. The second-order valence-electron chi connectivity index (χ2n) is 5.12. The standard InChI is InChI=1S/C16H17N3O3/c1-10-6-12(15(17)19-8-10)4-2-11-3-5-13(18-9-11)7-14(20)16(21)22/h3,5-6,8-9H,2,4,7H2,1H3,(H2,17,19)(H,21,22). The van der Waals surface area contributed by atoms with Gasteiger partial charge in [0.1, 0.15) is 5.82 Å². The molecule has 0 radical (unpaired) electrons. The summed E-state index contributed by atoms with van der Waals surface area (Å²) < 4.78 is 0. The van der Waals surface area contributed by atoms with Crippen LogP contribution in [0.5, 0.6) is 0 Å². The van der Waals surface area contributed by atoms with E-state index >= 15 is 0 Å². The van der Waals surface area contributed by atoms with Crippen LogP contribution in [-0.4, -0.2) is 26.8 Å². The van der Waals surface area contributed by atoms with Gasteiger partial charge in [0, 0.05) is 18.1 Å². The summed E-state index contributed by atoms with van der Waals surface area (Å²) in [6.07, 6.45) is 4.69. The maximum atomic E-state index is 11.1. The van der Waals surface area contributed by atoms with Crippen molar-refractivity contribution in [2.24, 2.45) is 0 Å². The molecule has 0 saturated carbocycles. The van der Waals surface area contributed by atoms with Gasteiger partial charge in [-0.3, -0.25) is 9.78 Å². The van der Waals surface area contributed by atoms with E-state index in [1.54, 1.807) is 18.5 Å². The number of anilines is 1. The van der Waals surface area contributed by atoms with Crippen LogP contribution in [-0.2, 0) is 28.9 Å². The number of Topliss-reactive ketones (excluding diaryl/α,β-unsaturated/α-hetero) is 1. The van der Waals surface area contributed by atoms with Crippen molar-refractivity contribution in [2.75, 3.05) is 5.73 Å². The molecule has 0 aliphatic rings. The van der Waals surface area contributed by atoms with Gasteiger partial charge in [0.2, 0.25) is 5.78 Å². The van der Waals surface area contributed by atoms with Crippen LogP contribution in [0.1, 0.15) is 22.4 Å². The largest absolute Gasteiger partial charge is 0.475 e. The minimum Gasteiger partial charge on any atom is -0.475 e. The van der Waals surface area contributed by atoms with E-state index in [4.69, 9.17) is 10.8 Å². The van der Waals surface area contributed by atoms with E-state index in [9.17, 15) is 9.59 Å². The maximum absolute atomic E-state index is 11.1. The first-order valence-electron chi connectivity index (χ1n) is 6.86. The van der Waals surface area contributed by atoms with Crippen molar-refractivity contribution in [3.63, 3.8) is 0 Å². The fraction of sp³-hybridized carbons (Fsp3) is 0.250. The van der Waals surface area contributed by atoms with Crippen molar-refractivity contribution in [3.8, 4) is 0 Å². The Morgan fingerprint density at radius 2 is 1.95 bits per heavy atom. The van der Waals surface area contributed by atoms with Crippen molar-refractivity contribution < 1.29 is 14.7 Å². The number of carboxylic acid groups (broad SMARTS) is 1. The van der Waals surface area contributed by atoms with Crippen molar-refractivity contribution in [3.05, 3.63) is 53.0 Å². The zero-order chi connectivity index (χ0) is 16.1. The third-order valence-electron chi connectivity index (χ3n) is 3.29. The number of nitrogens with two attached hydrogens (primary N) is 1. The van der Waals surface area contributed by atoms with E-state index in [1.807, 2.05) is 19.1 Å². The van der Waals surface area contributed by atoms with Gasteiger partial charge >= 0.3 is 5.97 Å². The number of aromatic nitrogens is 2. The average molecular weight is 299 g/mol. The highest BCUT2D eigenvalue weighted by Gasteiger charge is 2.12. The molecule has 0 unspecified atom stereocenters. The van der Waals surface area contributed by atoms with Crippen molar-refractivity contribution in [1.29, 1.82) is 0 Å². The van der Waals surface area contributed by atoms with Crippen molar-refractivity contribution in [2.45, 2.75) is 26.2 Å². The molecule has 0 saturated heterocycles. The van der Waals surface area contributed by atoms with Gasteiger partial charge < -0.3 is 10.8 Å². The van der Waals surface area contributed by atoms with E-state index in [2.05, 4.69) is 9.97 Å². The number of nitrogens with zero attached hydrogens (tertiary/aromatic N) is 2. The molecule has 0 aliphatic carbocycles. The quantitative estimate of drug-likeness (QED) is 0.780. The Morgan fingerprint density at radius 3 is 2.59 bits per heavy atom. The van der Waals surface area contributed by atoms with Crippen molar-refractivity contribution >= 4 is 17.6 Å². The van der Waals surface area contributed by atoms with Crippen LogP contribution in [0.15, 0.2) is 30.6 Å². The van der Waals surface area contributed by atoms with Crippen LogP contribution in [0.2, 0.25) is 0 Å². The molecule has 0 fully saturated rings. The molecule has 2 aromatic rings. The predicted octanol–water partition coefficient (Wildman–Crippen LogP) is 1.35. The maximum Gasteiger partial charge on any atom is 0.372 e. The number of ketones is 1. The summed E-state index contributed by atoms with van der Waals surface area (Å²) in [6, 6.07) is 5.53. The lowest BCUT2D eigenvalue weighted by molar-refractivity contribution is -0.148. The lowest BCUT2D eigenvalue weighted by Crippen LogP contribution is -2.15. The van der Waals surface area contributed by atoms with Crippen LogP contribution in [0.25, 0.3) is 0 Å². The molecular formula is C16H17N3O3. The summed E-state index contributed by atoms with van der Waals surface area (Å²) in [6.45, 7) is 1.96. The van der Waals surface area contributed by atoms with Crippen LogP contribution >= 0.6 is 0 Å². The van der Waals surface area contributed by atoms with E-state index in [0.29, 0.717) is 11.5 Å². The van der Waals surface area contributed by atoms with Crippen LogP contribution in [0, 0.1) is 6.92 Å². The molecule has 0 aromatic carbocycles. The zero-order valence-corrected chi connectivity index (χ0v) is 12.2. The molecule has 3 N–H and O–H groups in total. The van der Waals surface area contributed by atoms with Gasteiger partial charge in [0.15, 0.2) is 0 Å². The number of carbonyl (C=O) groups excluding carboxylic acids is 1. The number of aryl methyl sites for hydroxylation is 3. The Hall–Kier alpha value is -2.76. The highest BCUT2D eigenvalue weighted by molar-refractivity contribution is 6.33. The smallest absolute Gasteiger partial charge is 0.372 e. The average Bonchev–Trinajstić information content (AvgIpc) is 2.49. The summed E-state index contributed by atoms with van der Waals surface area (Å²) in [5, 5.41) is 8.56. The first-order valence-corrected chi connectivity index (χ1v) is 6.86. The Balaban J connectivity index is 1.98. The van der Waals surface area contributed by atoms with Gasteiger partial charge in [-0.2, -0.15) is 0 Å². The lowest BCUT2D eigenvalue weighted by Gasteiger charge is -2.06. The minimum atomic E-state index is -1.44. The third-order valence-corrected chi connectivity index (χ3v) is 3.29. The Kier molecular flexibility index (Phi) is 4.83. The van der Waals surface area contributed by atoms with Gasteiger partial charge in [-0.25, -0.2) is 9.78 Å². The highest BCUT2D eigenvalue weighted by Crippen LogP contribution is 2.14. The van der Waals surface area contributed by atoms with Crippen LogP contribution in [0.4, 0.5) is 5.82 Å². The molecule has 0 atom stereocenters. The number of aliphatic carboxylic acids is 1. The van der Waals surface area contributed by atoms with Crippen molar-refractivity contribution in [1.82, 2.24) is 9.97 Å². The Labute approximate surface area is 128 Å². The van der Waals surface area contributed by atoms with E-state index in [-0.39, 0.29) is 6.42 Å². The summed E-state index contributed by atoms with van der Waals surface area (Å²) in [4.78, 5) is 29.9. The SMILES string of the molecule is Cc1cnc(N)c(CCc2ccc(CC(=O)C(=O)O)nc2)c1. The lowest BCUT2D eigenvalue weighted by atomic mass is 10.0. The number of hydrogen-bond donors (Lipinski definition) is 2. The minimum absolute atomic E-state index is 0.190. The second-order valence-corrected chi connectivity index (χ2v) is 5.12. The predicted molar refractivity (Wildman–Crippen MR) is 81.4 cm³/mol. The fourth-order valence-electron chi connectivity index (χ4n) is 2.07. The molecule has 0 aliphatic heterocycles. The second kappa shape index (κ2) is 6.80. The molecule has 2 rings (SSSR count). The molecular weight excluding hydrogens is 282 g/mol. The van der Waals surface area contributed by atoms with Gasteiger partial charge in [-0.05, 0) is 42.5 Å². The number of nitrogen functional groups attached to an aromatic ring is 1. The van der Waals surface area contributed by atoms with Gasteiger partial charge in [-0.15, -0.1) is 0 Å². The van der Waals surface area contributed by atoms with E-state index < -0.39 is 11.8 Å². The van der Waals surface area contributed by atoms with Gasteiger partial charge in [-0.1, -0.05) is 12.1 Å². The van der Waals surface area contributed by atoms with E-state index in [1.165, 1.54) is 0 Å². The fourth-order valence-corrected chi connectivity index (χ4v) is 2.07.